The lowest BCUT2D eigenvalue weighted by atomic mass is 9.99. The highest BCUT2D eigenvalue weighted by atomic mass is 16.2. The van der Waals surface area contributed by atoms with E-state index in [-0.39, 0.29) is 18.4 Å². The smallest absolute Gasteiger partial charge is 0.246 e. The molecule has 1 fully saturated rings. The Hall–Kier alpha value is -1.34. The molecule has 1 aliphatic heterocycles. The van der Waals surface area contributed by atoms with Crippen molar-refractivity contribution < 1.29 is 9.59 Å². The van der Waals surface area contributed by atoms with E-state index in [0.29, 0.717) is 6.54 Å². The molecule has 1 aliphatic rings. The number of carbonyl (C=O) groups is 2. The number of hydrogen-bond acceptors (Lipinski definition) is 3. The molecule has 1 N–H and O–H groups in total. The molecule has 70 valence electrons. The monoisotopic (exact) mass is 180 g/mol. The molecule has 0 aromatic rings. The summed E-state index contributed by atoms with van der Waals surface area (Å²) in [6.07, 6.45) is 5.14. The van der Waals surface area contributed by atoms with Crippen LogP contribution >= 0.6 is 0 Å². The fourth-order valence-corrected chi connectivity index (χ4v) is 1.20. The fraction of sp³-hybridized carbons (Fsp3) is 0.556. The van der Waals surface area contributed by atoms with Crippen molar-refractivity contribution in [3.8, 4) is 12.3 Å². The SMILES string of the molecule is C#CCN1CC(=O)NC(=O)C1(C)C. The minimum atomic E-state index is -0.694. The van der Waals surface area contributed by atoms with E-state index in [1.165, 1.54) is 0 Å². The second kappa shape index (κ2) is 3.19. The molecule has 0 aliphatic carbocycles. The van der Waals surface area contributed by atoms with E-state index < -0.39 is 5.54 Å². The first-order valence-corrected chi connectivity index (χ1v) is 4.01. The van der Waals surface area contributed by atoms with Crippen molar-refractivity contribution in [2.45, 2.75) is 19.4 Å². The second-order valence-corrected chi connectivity index (χ2v) is 3.50. The van der Waals surface area contributed by atoms with Crippen molar-refractivity contribution in [3.63, 3.8) is 0 Å². The number of piperazine rings is 1. The highest BCUT2D eigenvalue weighted by Crippen LogP contribution is 2.16. The topological polar surface area (TPSA) is 49.4 Å². The molecular formula is C9H12N2O2. The number of nitrogens with zero attached hydrogens (tertiary/aromatic N) is 1. The molecule has 4 nitrogen and oxygen atoms in total. The maximum Gasteiger partial charge on any atom is 0.246 e. The molecule has 0 aromatic heterocycles. The van der Waals surface area contributed by atoms with Crippen LogP contribution in [0.25, 0.3) is 0 Å². The molecule has 0 saturated carbocycles. The van der Waals surface area contributed by atoms with Crippen LogP contribution in [0.4, 0.5) is 0 Å². The van der Waals surface area contributed by atoms with E-state index in [0.717, 1.165) is 0 Å². The van der Waals surface area contributed by atoms with Crippen LogP contribution in [-0.4, -0.2) is 35.3 Å². The van der Waals surface area contributed by atoms with Crippen molar-refractivity contribution in [3.05, 3.63) is 0 Å². The number of rotatable bonds is 1. The quantitative estimate of drug-likeness (QED) is 0.431. The first kappa shape index (κ1) is 9.75. The molecule has 13 heavy (non-hydrogen) atoms. The molecule has 0 bridgehead atoms. The van der Waals surface area contributed by atoms with E-state index >= 15 is 0 Å². The van der Waals surface area contributed by atoms with Gasteiger partial charge in [-0.1, -0.05) is 5.92 Å². The van der Waals surface area contributed by atoms with Crippen molar-refractivity contribution in [2.75, 3.05) is 13.1 Å². The lowest BCUT2D eigenvalue weighted by Gasteiger charge is -2.38. The number of terminal acetylenes is 1. The second-order valence-electron chi connectivity index (χ2n) is 3.50. The van der Waals surface area contributed by atoms with Gasteiger partial charge in [0, 0.05) is 0 Å². The zero-order chi connectivity index (χ0) is 10.1. The van der Waals surface area contributed by atoms with E-state index in [1.807, 2.05) is 0 Å². The Morgan fingerprint density at radius 3 is 2.77 bits per heavy atom. The summed E-state index contributed by atoms with van der Waals surface area (Å²) in [5.41, 5.74) is -0.694. The van der Waals surface area contributed by atoms with Gasteiger partial charge in [-0.15, -0.1) is 6.42 Å². The highest BCUT2D eigenvalue weighted by molar-refractivity contribution is 6.02. The van der Waals surface area contributed by atoms with Gasteiger partial charge in [0.25, 0.3) is 0 Å². The van der Waals surface area contributed by atoms with Gasteiger partial charge in [0.2, 0.25) is 11.8 Å². The van der Waals surface area contributed by atoms with Gasteiger partial charge in [0.05, 0.1) is 18.6 Å². The average Bonchev–Trinajstić information content (AvgIpc) is 2.01. The molecule has 4 heteroatoms. The average molecular weight is 180 g/mol. The number of amides is 2. The summed E-state index contributed by atoms with van der Waals surface area (Å²) in [7, 11) is 0. The van der Waals surface area contributed by atoms with Crippen molar-refractivity contribution >= 4 is 11.8 Å². The van der Waals surface area contributed by atoms with Crippen LogP contribution in [0.5, 0.6) is 0 Å². The molecule has 1 rings (SSSR count). The van der Waals surface area contributed by atoms with Gasteiger partial charge in [0.1, 0.15) is 0 Å². The summed E-state index contributed by atoms with van der Waals surface area (Å²) in [6, 6.07) is 0. The number of carbonyl (C=O) groups excluding carboxylic acids is 2. The Morgan fingerprint density at radius 2 is 2.23 bits per heavy atom. The third kappa shape index (κ3) is 1.70. The van der Waals surface area contributed by atoms with E-state index in [2.05, 4.69) is 11.2 Å². The first-order valence-electron chi connectivity index (χ1n) is 4.01. The molecule has 0 radical (unpaired) electrons. The molecule has 1 saturated heterocycles. The zero-order valence-electron chi connectivity index (χ0n) is 7.76. The minimum absolute atomic E-state index is 0.183. The van der Waals surface area contributed by atoms with Crippen LogP contribution in [0.1, 0.15) is 13.8 Å². The van der Waals surface area contributed by atoms with Crippen molar-refractivity contribution in [1.82, 2.24) is 10.2 Å². The highest BCUT2D eigenvalue weighted by Gasteiger charge is 2.40. The molecule has 0 aromatic carbocycles. The summed E-state index contributed by atoms with van der Waals surface area (Å²) >= 11 is 0. The minimum Gasteiger partial charge on any atom is -0.294 e. The summed E-state index contributed by atoms with van der Waals surface area (Å²) in [4.78, 5) is 24.0. The van der Waals surface area contributed by atoms with Crippen LogP contribution in [0.2, 0.25) is 0 Å². The molecule has 0 unspecified atom stereocenters. The normalized spacial score (nSPS) is 22.2. The Balaban J connectivity index is 2.86. The van der Waals surface area contributed by atoms with Crippen LogP contribution in [0.3, 0.4) is 0 Å². The summed E-state index contributed by atoms with van der Waals surface area (Å²) in [6.45, 7) is 3.98. The summed E-state index contributed by atoms with van der Waals surface area (Å²) in [5.74, 6) is 1.84. The molecule has 0 atom stereocenters. The number of nitrogens with one attached hydrogen (secondary N) is 1. The van der Waals surface area contributed by atoms with Gasteiger partial charge in [-0.2, -0.15) is 0 Å². The Bertz CT molecular complexity index is 288. The van der Waals surface area contributed by atoms with Crippen LogP contribution in [0.15, 0.2) is 0 Å². The fourth-order valence-electron chi connectivity index (χ4n) is 1.20. The van der Waals surface area contributed by atoms with Crippen LogP contribution < -0.4 is 5.32 Å². The van der Waals surface area contributed by atoms with Gasteiger partial charge in [-0.3, -0.25) is 19.8 Å². The van der Waals surface area contributed by atoms with Crippen molar-refractivity contribution in [1.29, 1.82) is 0 Å². The molecule has 2 amide bonds. The Kier molecular flexibility index (Phi) is 2.39. The summed E-state index contributed by atoms with van der Waals surface area (Å²) in [5, 5.41) is 2.27. The van der Waals surface area contributed by atoms with Gasteiger partial charge < -0.3 is 0 Å². The standard InChI is InChI=1S/C9H12N2O2/c1-4-5-11-6-7(12)10-8(13)9(11,2)3/h1H,5-6H2,2-3H3,(H,10,12,13). The lowest BCUT2D eigenvalue weighted by Crippen LogP contribution is -2.63. The Labute approximate surface area is 77.3 Å². The van der Waals surface area contributed by atoms with Gasteiger partial charge in [-0.25, -0.2) is 0 Å². The van der Waals surface area contributed by atoms with Gasteiger partial charge in [0.15, 0.2) is 0 Å². The molecule has 0 spiro atoms. The summed E-state index contributed by atoms with van der Waals surface area (Å²) < 4.78 is 0. The van der Waals surface area contributed by atoms with E-state index in [4.69, 9.17) is 6.42 Å². The van der Waals surface area contributed by atoms with E-state index in [9.17, 15) is 9.59 Å². The number of hydrogen-bond donors (Lipinski definition) is 1. The van der Waals surface area contributed by atoms with Gasteiger partial charge in [-0.05, 0) is 13.8 Å². The largest absolute Gasteiger partial charge is 0.294 e. The van der Waals surface area contributed by atoms with Crippen molar-refractivity contribution in [2.24, 2.45) is 0 Å². The first-order chi connectivity index (χ1) is 5.98. The third-order valence-electron chi connectivity index (χ3n) is 2.22. The van der Waals surface area contributed by atoms with Crippen LogP contribution in [0, 0.1) is 12.3 Å². The van der Waals surface area contributed by atoms with Gasteiger partial charge >= 0.3 is 0 Å². The maximum atomic E-state index is 11.4. The maximum absolute atomic E-state index is 11.4. The third-order valence-corrected chi connectivity index (χ3v) is 2.22. The predicted molar refractivity (Wildman–Crippen MR) is 47.6 cm³/mol. The van der Waals surface area contributed by atoms with E-state index in [1.54, 1.807) is 18.7 Å². The molecular weight excluding hydrogens is 168 g/mol. The van der Waals surface area contributed by atoms with Crippen LogP contribution in [-0.2, 0) is 9.59 Å². The lowest BCUT2D eigenvalue weighted by molar-refractivity contribution is -0.144. The number of imide groups is 1. The molecule has 1 heterocycles. The predicted octanol–water partition coefficient (Wildman–Crippen LogP) is -0.643. The zero-order valence-corrected chi connectivity index (χ0v) is 7.76. The Morgan fingerprint density at radius 1 is 1.62 bits per heavy atom.